The van der Waals surface area contributed by atoms with Crippen LogP contribution in [0.5, 0.6) is 11.6 Å². The molecule has 1 heterocycles. The van der Waals surface area contributed by atoms with Crippen molar-refractivity contribution in [2.24, 2.45) is 0 Å². The number of ketones is 1. The Hall–Kier alpha value is -3.14. The molecule has 7 heteroatoms. The molecule has 0 aliphatic carbocycles. The van der Waals surface area contributed by atoms with Crippen LogP contribution in [0.3, 0.4) is 0 Å². The van der Waals surface area contributed by atoms with Crippen molar-refractivity contribution in [3.63, 3.8) is 0 Å². The van der Waals surface area contributed by atoms with Gasteiger partial charge in [-0.25, -0.2) is 4.39 Å². The fraction of sp³-hybridized carbons (Fsp3) is 0.381. The van der Waals surface area contributed by atoms with Crippen LogP contribution in [0.4, 0.5) is 4.39 Å². The Morgan fingerprint density at radius 1 is 1.36 bits per heavy atom. The van der Waals surface area contributed by atoms with Crippen LogP contribution in [0.2, 0.25) is 0 Å². The van der Waals surface area contributed by atoms with Crippen molar-refractivity contribution in [3.8, 4) is 17.7 Å². The van der Waals surface area contributed by atoms with Crippen molar-refractivity contribution < 1.29 is 19.0 Å². The van der Waals surface area contributed by atoms with E-state index in [4.69, 9.17) is 4.74 Å². The van der Waals surface area contributed by atoms with Gasteiger partial charge in [0.05, 0.1) is 5.56 Å². The number of pyridine rings is 1. The number of ether oxygens (including phenoxy) is 1. The van der Waals surface area contributed by atoms with E-state index in [9.17, 15) is 24.3 Å². The van der Waals surface area contributed by atoms with Crippen LogP contribution < -0.4 is 10.3 Å². The molecule has 1 aromatic heterocycles. The summed E-state index contributed by atoms with van der Waals surface area (Å²) in [6, 6.07) is 7.53. The third kappa shape index (κ3) is 4.06. The number of Topliss-reactive ketones (excluding diaryl/α,β-unsaturated/α-hetero) is 1. The lowest BCUT2D eigenvalue weighted by atomic mass is 9.97. The molecule has 0 spiro atoms. The quantitative estimate of drug-likeness (QED) is 0.698. The van der Waals surface area contributed by atoms with Gasteiger partial charge in [0.2, 0.25) is 11.7 Å². The lowest BCUT2D eigenvalue weighted by Crippen LogP contribution is -2.32. The molecule has 0 fully saturated rings. The van der Waals surface area contributed by atoms with Crippen molar-refractivity contribution in [2.45, 2.75) is 52.7 Å². The van der Waals surface area contributed by atoms with Crippen molar-refractivity contribution in [2.75, 3.05) is 0 Å². The number of benzene rings is 1. The first kappa shape index (κ1) is 21.2. The molecule has 0 radical (unpaired) electrons. The monoisotopic (exact) mass is 386 g/mol. The summed E-state index contributed by atoms with van der Waals surface area (Å²) in [6.45, 7) is 5.23. The van der Waals surface area contributed by atoms with Gasteiger partial charge in [-0.05, 0) is 37.5 Å². The van der Waals surface area contributed by atoms with Gasteiger partial charge in [0.1, 0.15) is 11.6 Å². The molecule has 1 unspecified atom stereocenters. The molecule has 0 saturated carbocycles. The first-order chi connectivity index (χ1) is 13.4. The summed E-state index contributed by atoms with van der Waals surface area (Å²) in [6.07, 6.45) is 0.490. The van der Waals surface area contributed by atoms with Crippen LogP contribution >= 0.6 is 0 Å². The maximum Gasteiger partial charge on any atom is 0.271 e. The number of hydrogen-bond donors (Lipinski definition) is 1. The molecule has 2 rings (SSSR count). The number of hydrogen-bond acceptors (Lipinski definition) is 5. The number of halogens is 1. The Bertz CT molecular complexity index is 976. The summed E-state index contributed by atoms with van der Waals surface area (Å²) >= 11 is 0. The van der Waals surface area contributed by atoms with Gasteiger partial charge in [0, 0.05) is 6.54 Å². The fourth-order valence-electron chi connectivity index (χ4n) is 2.95. The highest BCUT2D eigenvalue weighted by Gasteiger charge is 2.30. The second-order valence-electron chi connectivity index (χ2n) is 6.43. The number of unbranched alkanes of at least 4 members (excludes halogenated alkanes) is 1. The molecule has 0 amide bonds. The number of para-hydroxylation sites is 1. The molecule has 0 saturated heterocycles. The van der Waals surface area contributed by atoms with Crippen molar-refractivity contribution in [1.29, 1.82) is 5.26 Å². The average molecular weight is 386 g/mol. The fourth-order valence-corrected chi connectivity index (χ4v) is 2.95. The first-order valence-corrected chi connectivity index (χ1v) is 9.19. The summed E-state index contributed by atoms with van der Waals surface area (Å²) < 4.78 is 20.5. The van der Waals surface area contributed by atoms with Crippen LogP contribution in [-0.2, 0) is 6.54 Å². The van der Waals surface area contributed by atoms with Gasteiger partial charge in [-0.15, -0.1) is 0 Å². The molecule has 6 nitrogen and oxygen atoms in total. The van der Waals surface area contributed by atoms with E-state index < -0.39 is 29.1 Å². The zero-order valence-corrected chi connectivity index (χ0v) is 16.2. The number of nitrogens with zero attached hydrogens (tertiary/aromatic N) is 2. The van der Waals surface area contributed by atoms with E-state index in [0.717, 1.165) is 11.0 Å². The normalized spacial score (nSPS) is 11.7. The second kappa shape index (κ2) is 9.18. The van der Waals surface area contributed by atoms with Gasteiger partial charge in [0.15, 0.2) is 17.7 Å². The van der Waals surface area contributed by atoms with Gasteiger partial charge in [0.25, 0.3) is 5.56 Å². The Balaban J connectivity index is 2.55. The number of aromatic hydroxyl groups is 1. The third-order valence-electron chi connectivity index (χ3n) is 4.55. The van der Waals surface area contributed by atoms with Gasteiger partial charge >= 0.3 is 0 Å². The van der Waals surface area contributed by atoms with Gasteiger partial charge < -0.3 is 9.84 Å². The standard InChI is InChI=1S/C21H23FN2O4/c1-4-6-11-24-20(26)14(12-23)13(3)18(21(24)27)19(25)16(5-2)28-17-10-8-7-9-15(17)22/h7-10,16,27H,4-6,11H2,1-3H3. The molecular weight excluding hydrogens is 363 g/mol. The molecule has 148 valence electrons. The Morgan fingerprint density at radius 3 is 2.61 bits per heavy atom. The van der Waals surface area contributed by atoms with Crippen LogP contribution in [0.1, 0.15) is 54.6 Å². The molecule has 2 aromatic rings. The lowest BCUT2D eigenvalue weighted by molar-refractivity contribution is 0.0774. The van der Waals surface area contributed by atoms with E-state index in [1.54, 1.807) is 13.0 Å². The van der Waals surface area contributed by atoms with Crippen LogP contribution in [-0.4, -0.2) is 21.6 Å². The van der Waals surface area contributed by atoms with Gasteiger partial charge in [-0.2, -0.15) is 5.26 Å². The van der Waals surface area contributed by atoms with E-state index in [1.807, 2.05) is 13.0 Å². The van der Waals surface area contributed by atoms with E-state index in [0.29, 0.717) is 6.42 Å². The molecular formula is C21H23FN2O4. The Kier molecular flexibility index (Phi) is 6.94. The second-order valence-corrected chi connectivity index (χ2v) is 6.43. The summed E-state index contributed by atoms with van der Waals surface area (Å²) in [5, 5.41) is 20.0. The minimum Gasteiger partial charge on any atom is -0.494 e. The van der Waals surface area contributed by atoms with Crippen LogP contribution in [0, 0.1) is 24.1 Å². The van der Waals surface area contributed by atoms with E-state index in [1.165, 1.54) is 25.1 Å². The average Bonchev–Trinajstić information content (AvgIpc) is 2.67. The van der Waals surface area contributed by atoms with Crippen molar-refractivity contribution >= 4 is 5.78 Å². The predicted octanol–water partition coefficient (Wildman–Crippen LogP) is 3.71. The number of nitriles is 1. The lowest BCUT2D eigenvalue weighted by Gasteiger charge is -2.20. The molecule has 28 heavy (non-hydrogen) atoms. The van der Waals surface area contributed by atoms with E-state index >= 15 is 0 Å². The first-order valence-electron chi connectivity index (χ1n) is 9.19. The maximum absolute atomic E-state index is 13.9. The molecule has 1 aromatic carbocycles. The summed E-state index contributed by atoms with van der Waals surface area (Å²) in [7, 11) is 0. The molecule has 0 aliphatic heterocycles. The molecule has 0 aliphatic rings. The van der Waals surface area contributed by atoms with Crippen LogP contribution in [0.15, 0.2) is 29.1 Å². The molecule has 1 atom stereocenters. The highest BCUT2D eigenvalue weighted by molar-refractivity contribution is 6.03. The van der Waals surface area contributed by atoms with Crippen molar-refractivity contribution in [1.82, 2.24) is 4.57 Å². The Labute approximate surface area is 162 Å². The summed E-state index contributed by atoms with van der Waals surface area (Å²) in [4.78, 5) is 25.6. The van der Waals surface area contributed by atoms with E-state index in [-0.39, 0.29) is 35.4 Å². The Morgan fingerprint density at radius 2 is 2.04 bits per heavy atom. The summed E-state index contributed by atoms with van der Waals surface area (Å²) in [5.74, 6) is -1.79. The zero-order valence-electron chi connectivity index (χ0n) is 16.2. The van der Waals surface area contributed by atoms with E-state index in [2.05, 4.69) is 0 Å². The highest BCUT2D eigenvalue weighted by Crippen LogP contribution is 2.27. The minimum atomic E-state index is -1.08. The number of carbonyl (C=O) groups is 1. The van der Waals surface area contributed by atoms with Gasteiger partial charge in [-0.1, -0.05) is 32.4 Å². The minimum absolute atomic E-state index is 0.0837. The maximum atomic E-state index is 13.9. The number of aromatic nitrogens is 1. The third-order valence-corrected chi connectivity index (χ3v) is 4.55. The zero-order chi connectivity index (χ0) is 20.8. The van der Waals surface area contributed by atoms with Gasteiger partial charge in [-0.3, -0.25) is 14.2 Å². The van der Waals surface area contributed by atoms with Crippen LogP contribution in [0.25, 0.3) is 0 Å². The van der Waals surface area contributed by atoms with Crippen molar-refractivity contribution in [3.05, 3.63) is 57.1 Å². The smallest absolute Gasteiger partial charge is 0.271 e. The topological polar surface area (TPSA) is 92.3 Å². The largest absolute Gasteiger partial charge is 0.494 e. The molecule has 1 N–H and O–H groups in total. The number of rotatable bonds is 8. The molecule has 0 bridgehead atoms. The predicted molar refractivity (Wildman–Crippen MR) is 102 cm³/mol. The SMILES string of the molecule is CCCCn1c(O)c(C(=O)C(CC)Oc2ccccc2F)c(C)c(C#N)c1=O. The summed E-state index contributed by atoms with van der Waals surface area (Å²) in [5.41, 5.74) is -0.877. The highest BCUT2D eigenvalue weighted by atomic mass is 19.1. The number of carbonyl (C=O) groups excluding carboxylic acids is 1.